The number of aromatic nitrogens is 2. The molecule has 7 nitrogen and oxygen atoms in total. The van der Waals surface area contributed by atoms with Gasteiger partial charge in [0.25, 0.3) is 10.9 Å². The van der Waals surface area contributed by atoms with E-state index in [-0.39, 0.29) is 5.41 Å². The van der Waals surface area contributed by atoms with Crippen molar-refractivity contribution in [3.63, 3.8) is 0 Å². The second-order valence-corrected chi connectivity index (χ2v) is 15.9. The molecule has 1 N–H and O–H groups in total. The van der Waals surface area contributed by atoms with Gasteiger partial charge in [-0.25, -0.2) is 0 Å². The van der Waals surface area contributed by atoms with Crippen LogP contribution in [0.2, 0.25) is 0 Å². The van der Waals surface area contributed by atoms with Gasteiger partial charge in [-0.3, -0.25) is 4.55 Å². The summed E-state index contributed by atoms with van der Waals surface area (Å²) in [5, 5.41) is 3.95. The molecule has 0 amide bonds. The highest BCUT2D eigenvalue weighted by Gasteiger charge is 2.31. The summed E-state index contributed by atoms with van der Waals surface area (Å²) >= 11 is 1.54. The second-order valence-electron chi connectivity index (χ2n) is 13.4. The lowest BCUT2D eigenvalue weighted by atomic mass is 9.75. The minimum atomic E-state index is -4.29. The summed E-state index contributed by atoms with van der Waals surface area (Å²) < 4.78 is 45.8. The van der Waals surface area contributed by atoms with Crippen LogP contribution in [0, 0.1) is 5.41 Å². The minimum absolute atomic E-state index is 0.0324. The molecule has 0 radical (unpaired) electrons. The smallest absolute Gasteiger partial charge is 0.326 e. The monoisotopic (exact) mass is 674 g/mol. The number of anilines is 1. The molecular formula is C39H36N3O4S2+. The van der Waals surface area contributed by atoms with Gasteiger partial charge in [-0.1, -0.05) is 73.7 Å². The fourth-order valence-corrected chi connectivity index (χ4v) is 9.09. The van der Waals surface area contributed by atoms with Crippen LogP contribution in [-0.4, -0.2) is 24.1 Å². The first-order valence-electron chi connectivity index (χ1n) is 16.1. The number of hydrogen-bond donors (Lipinski definition) is 1. The van der Waals surface area contributed by atoms with Crippen LogP contribution >= 0.6 is 11.3 Å². The molecule has 0 atom stereocenters. The first-order chi connectivity index (χ1) is 23.0. The maximum absolute atomic E-state index is 12.2. The average Bonchev–Trinajstić information content (AvgIpc) is 3.72. The van der Waals surface area contributed by atoms with Gasteiger partial charge in [0, 0.05) is 30.6 Å². The molecule has 242 valence electrons. The molecule has 0 unspecified atom stereocenters. The standard InChI is InChI=1S/C39H35N3O4S2/c1-4-40-33-22-30(41-18-17-29-10-6-8-12-32(29)41)14-15-34(33)46-36(40)20-26-19-27(24-39(2,3)23-26)21-37-42(25-48(43,44)45)38-31-11-7-5-9-28(31)13-16-35(38)47-37/h5-22H,4,23-25H2,1-3H3/p+1. The number of hydrogen-bond acceptors (Lipinski definition) is 5. The number of nitrogens with zero attached hydrogens (tertiary/aromatic N) is 3. The summed E-state index contributed by atoms with van der Waals surface area (Å²) in [7, 11) is -4.29. The van der Waals surface area contributed by atoms with Crippen molar-refractivity contribution in [3.05, 3.63) is 125 Å². The molecule has 2 aromatic heterocycles. The predicted molar refractivity (Wildman–Crippen MR) is 195 cm³/mol. The molecule has 0 bridgehead atoms. The Morgan fingerprint density at radius 1 is 0.958 bits per heavy atom. The number of rotatable bonds is 6. The molecule has 3 heterocycles. The van der Waals surface area contributed by atoms with E-state index in [4.69, 9.17) is 4.74 Å². The van der Waals surface area contributed by atoms with Crippen LogP contribution in [0.5, 0.6) is 5.75 Å². The highest BCUT2D eigenvalue weighted by Crippen LogP contribution is 2.44. The number of ether oxygens (including phenoxy) is 1. The largest absolute Gasteiger partial charge is 0.439 e. The van der Waals surface area contributed by atoms with Crippen molar-refractivity contribution < 1.29 is 22.3 Å². The van der Waals surface area contributed by atoms with Crippen LogP contribution in [0.15, 0.2) is 120 Å². The van der Waals surface area contributed by atoms with Crippen molar-refractivity contribution in [2.75, 3.05) is 11.4 Å². The van der Waals surface area contributed by atoms with Crippen molar-refractivity contribution in [3.8, 4) is 11.4 Å². The molecule has 0 saturated carbocycles. The fraction of sp³-hybridized carbons (Fsp3) is 0.205. The van der Waals surface area contributed by atoms with Crippen LogP contribution in [0.4, 0.5) is 5.69 Å². The Morgan fingerprint density at radius 2 is 1.75 bits per heavy atom. The van der Waals surface area contributed by atoms with Gasteiger partial charge >= 0.3 is 10.1 Å². The zero-order chi connectivity index (χ0) is 33.2. The maximum Gasteiger partial charge on any atom is 0.326 e. The maximum atomic E-state index is 12.2. The molecule has 1 aliphatic carbocycles. The van der Waals surface area contributed by atoms with E-state index in [2.05, 4.69) is 103 Å². The zero-order valence-corrected chi connectivity index (χ0v) is 28.7. The zero-order valence-electron chi connectivity index (χ0n) is 27.1. The van der Waals surface area contributed by atoms with Crippen molar-refractivity contribution in [2.24, 2.45) is 5.41 Å². The molecule has 0 fully saturated rings. The lowest BCUT2D eigenvalue weighted by Crippen LogP contribution is -2.39. The second kappa shape index (κ2) is 11.5. The third-order valence-electron chi connectivity index (χ3n) is 9.17. The minimum Gasteiger partial charge on any atom is -0.439 e. The summed E-state index contributed by atoms with van der Waals surface area (Å²) in [5.41, 5.74) is 6.29. The Labute approximate surface area is 284 Å². The summed E-state index contributed by atoms with van der Waals surface area (Å²) in [6.45, 7) is 7.40. The fourth-order valence-electron chi connectivity index (χ4n) is 7.26. The van der Waals surface area contributed by atoms with Crippen LogP contribution in [-0.2, 0) is 16.0 Å². The summed E-state index contributed by atoms with van der Waals surface area (Å²) in [6, 6.07) is 28.9. The van der Waals surface area contributed by atoms with E-state index < -0.39 is 16.0 Å². The number of thiazole rings is 1. The van der Waals surface area contributed by atoms with Gasteiger partial charge in [-0.2, -0.15) is 13.0 Å². The molecule has 48 heavy (non-hydrogen) atoms. The van der Waals surface area contributed by atoms with E-state index in [0.717, 1.165) is 85.1 Å². The van der Waals surface area contributed by atoms with E-state index in [0.29, 0.717) is 0 Å². The normalized spacial score (nSPS) is 17.8. The van der Waals surface area contributed by atoms with Crippen LogP contribution in [0.1, 0.15) is 38.6 Å². The average molecular weight is 675 g/mol. The lowest BCUT2D eigenvalue weighted by molar-refractivity contribution is -0.648. The van der Waals surface area contributed by atoms with Gasteiger partial charge in [0.1, 0.15) is 4.70 Å². The number of allylic oxidation sites excluding steroid dienone is 4. The molecule has 2 aliphatic rings. The Hall–Kier alpha value is -4.70. The third kappa shape index (κ3) is 5.61. The van der Waals surface area contributed by atoms with Crippen molar-refractivity contribution in [1.29, 1.82) is 0 Å². The van der Waals surface area contributed by atoms with E-state index in [1.165, 1.54) is 16.7 Å². The molecule has 9 heteroatoms. The van der Waals surface area contributed by atoms with Crippen molar-refractivity contribution >= 4 is 65.1 Å². The van der Waals surface area contributed by atoms with Gasteiger partial charge in [-0.15, -0.1) is 0 Å². The molecule has 0 spiro atoms. The molecule has 0 saturated heterocycles. The van der Waals surface area contributed by atoms with Gasteiger partial charge in [-0.05, 0) is 89.6 Å². The van der Waals surface area contributed by atoms with E-state index in [9.17, 15) is 13.0 Å². The topological polar surface area (TPSA) is 75.7 Å². The summed E-state index contributed by atoms with van der Waals surface area (Å²) in [6.07, 6.45) is 10.2. The molecule has 6 aromatic rings. The molecule has 8 rings (SSSR count). The Morgan fingerprint density at radius 3 is 2.56 bits per heavy atom. The van der Waals surface area contributed by atoms with E-state index in [1.54, 1.807) is 4.57 Å². The van der Waals surface area contributed by atoms with Gasteiger partial charge in [0.2, 0.25) is 11.4 Å². The lowest BCUT2D eigenvalue weighted by Gasteiger charge is -2.30. The van der Waals surface area contributed by atoms with Gasteiger partial charge in [0.15, 0.2) is 5.75 Å². The number of benzene rings is 4. The SMILES string of the molecule is CCN1/C(=C/C2=CC(=C\c3sc4ccc5ccccc5c4[n+]3CS(=O)(=O)O)/CC(C)(C)C2)Oc2ccc(-n3ccc4ccccc43)cc21. The number of fused-ring (bicyclic) bond motifs is 5. The van der Waals surface area contributed by atoms with E-state index in [1.807, 2.05) is 36.4 Å². The van der Waals surface area contributed by atoms with Crippen LogP contribution < -0.4 is 14.2 Å². The Kier molecular flexibility index (Phi) is 7.32. The first-order valence-corrected chi connectivity index (χ1v) is 18.6. The van der Waals surface area contributed by atoms with Gasteiger partial charge in [0.05, 0.1) is 16.6 Å². The highest BCUT2D eigenvalue weighted by atomic mass is 32.2. The number of para-hydroxylation sites is 1. The molecule has 4 aromatic carbocycles. The molecular weight excluding hydrogens is 639 g/mol. The Bertz CT molecular complexity index is 2470. The van der Waals surface area contributed by atoms with Gasteiger partial charge < -0.3 is 14.2 Å². The van der Waals surface area contributed by atoms with Crippen LogP contribution in [0.3, 0.4) is 0 Å². The quantitative estimate of drug-likeness (QED) is 0.141. The summed E-state index contributed by atoms with van der Waals surface area (Å²) in [5.74, 6) is 1.11. The first kappa shape index (κ1) is 30.6. The van der Waals surface area contributed by atoms with E-state index >= 15 is 0 Å². The Balaban J connectivity index is 1.18. The third-order valence-corrected chi connectivity index (χ3v) is 10.8. The van der Waals surface area contributed by atoms with Crippen molar-refractivity contribution in [2.45, 2.75) is 39.5 Å². The van der Waals surface area contributed by atoms with Crippen LogP contribution in [0.25, 0.3) is 43.7 Å². The predicted octanol–water partition coefficient (Wildman–Crippen LogP) is 9.02. The summed E-state index contributed by atoms with van der Waals surface area (Å²) in [4.78, 5) is 2.22. The molecule has 1 aliphatic heterocycles. The van der Waals surface area contributed by atoms with Crippen molar-refractivity contribution in [1.82, 2.24) is 4.57 Å². The highest BCUT2D eigenvalue weighted by molar-refractivity contribution is 7.84.